The third-order valence-corrected chi connectivity index (χ3v) is 3.76. The lowest BCUT2D eigenvalue weighted by Crippen LogP contribution is -2.20. The van der Waals surface area contributed by atoms with Gasteiger partial charge < -0.3 is 10.1 Å². The molecule has 1 aliphatic rings. The Morgan fingerprint density at radius 3 is 2.67 bits per heavy atom. The number of hydrogen-bond donors (Lipinski definition) is 1. The van der Waals surface area contributed by atoms with E-state index in [9.17, 15) is 0 Å². The van der Waals surface area contributed by atoms with Crippen molar-refractivity contribution in [1.29, 1.82) is 0 Å². The summed E-state index contributed by atoms with van der Waals surface area (Å²) in [6.07, 6.45) is 7.34. The van der Waals surface area contributed by atoms with Crippen LogP contribution in [0.3, 0.4) is 0 Å². The number of hydrogen-bond acceptors (Lipinski definition) is 3. The molecular weight excluding hydrogens is 224 g/mol. The molecule has 0 spiro atoms. The fraction of sp³-hybridized carbons (Fsp3) is 0.667. The van der Waals surface area contributed by atoms with E-state index in [0.29, 0.717) is 12.5 Å². The highest BCUT2D eigenvalue weighted by molar-refractivity contribution is 5.41. The Morgan fingerprint density at radius 1 is 1.28 bits per heavy atom. The summed E-state index contributed by atoms with van der Waals surface area (Å²) in [7, 11) is 0. The largest absolute Gasteiger partial charge is 0.478 e. The van der Waals surface area contributed by atoms with Crippen molar-refractivity contribution in [2.24, 2.45) is 11.8 Å². The Morgan fingerprint density at radius 2 is 2.06 bits per heavy atom. The van der Waals surface area contributed by atoms with Crippen LogP contribution in [0.2, 0.25) is 0 Å². The van der Waals surface area contributed by atoms with E-state index in [1.165, 1.54) is 25.7 Å². The molecule has 1 N–H and O–H groups in total. The van der Waals surface area contributed by atoms with Crippen molar-refractivity contribution in [3.05, 3.63) is 18.3 Å². The lowest BCUT2D eigenvalue weighted by molar-refractivity contribution is 0.300. The number of pyridine rings is 1. The van der Waals surface area contributed by atoms with Crippen LogP contribution in [0.15, 0.2) is 18.3 Å². The zero-order valence-corrected chi connectivity index (χ0v) is 11.5. The molecule has 0 bridgehead atoms. The minimum atomic E-state index is 0.667. The number of nitrogens with zero attached hydrogens (tertiary/aromatic N) is 1. The number of nitrogens with one attached hydrogen (secondary N) is 1. The van der Waals surface area contributed by atoms with Gasteiger partial charge in [-0.2, -0.15) is 0 Å². The second kappa shape index (κ2) is 6.62. The highest BCUT2D eigenvalue weighted by Crippen LogP contribution is 2.28. The van der Waals surface area contributed by atoms with Gasteiger partial charge in [-0.3, -0.25) is 0 Å². The van der Waals surface area contributed by atoms with Gasteiger partial charge in [0.25, 0.3) is 0 Å². The predicted molar refractivity (Wildman–Crippen MR) is 75.0 cm³/mol. The summed E-state index contributed by atoms with van der Waals surface area (Å²) in [6, 6.07) is 3.97. The van der Waals surface area contributed by atoms with Crippen molar-refractivity contribution < 1.29 is 4.74 Å². The lowest BCUT2D eigenvalue weighted by atomic mass is 9.83. The Labute approximate surface area is 110 Å². The van der Waals surface area contributed by atoms with Crippen LogP contribution in [0.1, 0.15) is 39.5 Å². The van der Waals surface area contributed by atoms with Crippen LogP contribution in [0.4, 0.5) is 5.69 Å². The summed E-state index contributed by atoms with van der Waals surface area (Å²) in [5.74, 6) is 2.45. The van der Waals surface area contributed by atoms with Gasteiger partial charge in [-0.15, -0.1) is 0 Å². The molecule has 1 saturated carbocycles. The SMILES string of the molecule is CCOc1ccc(NCC2CCC(C)CC2)cn1. The van der Waals surface area contributed by atoms with Crippen molar-refractivity contribution in [3.8, 4) is 5.88 Å². The third kappa shape index (κ3) is 3.90. The molecule has 1 heterocycles. The molecule has 0 unspecified atom stereocenters. The average Bonchev–Trinajstić information content (AvgIpc) is 2.40. The first-order chi connectivity index (χ1) is 8.78. The van der Waals surface area contributed by atoms with Gasteiger partial charge in [0, 0.05) is 12.6 Å². The first-order valence-corrected chi connectivity index (χ1v) is 7.10. The van der Waals surface area contributed by atoms with Crippen LogP contribution in [-0.2, 0) is 0 Å². The van der Waals surface area contributed by atoms with E-state index in [1.54, 1.807) is 0 Å². The predicted octanol–water partition coefficient (Wildman–Crippen LogP) is 3.72. The minimum absolute atomic E-state index is 0.667. The van der Waals surface area contributed by atoms with E-state index in [2.05, 4.69) is 17.2 Å². The summed E-state index contributed by atoms with van der Waals surface area (Å²) < 4.78 is 5.33. The molecule has 18 heavy (non-hydrogen) atoms. The highest BCUT2D eigenvalue weighted by Gasteiger charge is 2.17. The Hall–Kier alpha value is -1.25. The molecule has 1 aromatic rings. The van der Waals surface area contributed by atoms with Gasteiger partial charge in [0.15, 0.2) is 0 Å². The molecule has 0 amide bonds. The summed E-state index contributed by atoms with van der Waals surface area (Å²) >= 11 is 0. The average molecular weight is 248 g/mol. The molecule has 1 aromatic heterocycles. The van der Waals surface area contributed by atoms with E-state index in [4.69, 9.17) is 4.74 Å². The van der Waals surface area contributed by atoms with Crippen LogP contribution in [-0.4, -0.2) is 18.1 Å². The Kier molecular flexibility index (Phi) is 4.85. The molecule has 2 rings (SSSR count). The third-order valence-electron chi connectivity index (χ3n) is 3.76. The zero-order chi connectivity index (χ0) is 12.8. The van der Waals surface area contributed by atoms with Gasteiger partial charge in [0.2, 0.25) is 5.88 Å². The standard InChI is InChI=1S/C15H24N2O/c1-3-18-15-9-8-14(11-17-15)16-10-13-6-4-12(2)5-7-13/h8-9,11-13,16H,3-7,10H2,1-2H3. The second-order valence-electron chi connectivity index (χ2n) is 5.32. The van der Waals surface area contributed by atoms with Crippen LogP contribution in [0.25, 0.3) is 0 Å². The molecule has 0 aromatic carbocycles. The Balaban J connectivity index is 1.76. The van der Waals surface area contributed by atoms with Crippen LogP contribution >= 0.6 is 0 Å². The van der Waals surface area contributed by atoms with Gasteiger partial charge in [-0.1, -0.05) is 19.8 Å². The zero-order valence-electron chi connectivity index (χ0n) is 11.5. The smallest absolute Gasteiger partial charge is 0.213 e. The summed E-state index contributed by atoms with van der Waals surface area (Å²) in [5, 5.41) is 3.48. The van der Waals surface area contributed by atoms with Gasteiger partial charge in [-0.05, 0) is 37.7 Å². The molecule has 0 atom stereocenters. The van der Waals surface area contributed by atoms with Crippen molar-refractivity contribution in [3.63, 3.8) is 0 Å². The first kappa shape index (κ1) is 13.2. The summed E-state index contributed by atoms with van der Waals surface area (Å²) in [6.45, 7) is 6.07. The lowest BCUT2D eigenvalue weighted by Gasteiger charge is -2.26. The van der Waals surface area contributed by atoms with Crippen LogP contribution in [0.5, 0.6) is 5.88 Å². The summed E-state index contributed by atoms with van der Waals surface area (Å²) in [5.41, 5.74) is 1.09. The van der Waals surface area contributed by atoms with Crippen LogP contribution < -0.4 is 10.1 Å². The van der Waals surface area contributed by atoms with Crippen LogP contribution in [0, 0.1) is 11.8 Å². The van der Waals surface area contributed by atoms with E-state index < -0.39 is 0 Å². The van der Waals surface area contributed by atoms with E-state index >= 15 is 0 Å². The first-order valence-electron chi connectivity index (χ1n) is 7.10. The fourth-order valence-corrected chi connectivity index (χ4v) is 2.51. The van der Waals surface area contributed by atoms with E-state index in [-0.39, 0.29) is 0 Å². The molecule has 3 heteroatoms. The van der Waals surface area contributed by atoms with Gasteiger partial charge in [0.1, 0.15) is 0 Å². The minimum Gasteiger partial charge on any atom is -0.478 e. The maximum atomic E-state index is 5.33. The van der Waals surface area contributed by atoms with Gasteiger partial charge >= 0.3 is 0 Å². The maximum Gasteiger partial charge on any atom is 0.213 e. The van der Waals surface area contributed by atoms with Gasteiger partial charge in [0.05, 0.1) is 18.5 Å². The topological polar surface area (TPSA) is 34.1 Å². The number of ether oxygens (including phenoxy) is 1. The summed E-state index contributed by atoms with van der Waals surface area (Å²) in [4.78, 5) is 4.26. The van der Waals surface area contributed by atoms with Gasteiger partial charge in [-0.25, -0.2) is 4.98 Å². The second-order valence-corrected chi connectivity index (χ2v) is 5.32. The Bertz CT molecular complexity index is 342. The van der Waals surface area contributed by atoms with Crippen molar-refractivity contribution in [2.45, 2.75) is 39.5 Å². The molecular formula is C15H24N2O. The molecule has 0 aliphatic heterocycles. The molecule has 0 radical (unpaired) electrons. The van der Waals surface area contributed by atoms with E-state index in [1.807, 2.05) is 25.3 Å². The normalized spacial score (nSPS) is 23.7. The van der Waals surface area contributed by atoms with E-state index in [0.717, 1.165) is 24.1 Å². The monoisotopic (exact) mass is 248 g/mol. The molecule has 3 nitrogen and oxygen atoms in total. The molecule has 100 valence electrons. The number of rotatable bonds is 5. The molecule has 1 fully saturated rings. The number of aromatic nitrogens is 1. The molecule has 0 saturated heterocycles. The molecule has 1 aliphatic carbocycles. The fourth-order valence-electron chi connectivity index (χ4n) is 2.51. The van der Waals surface area contributed by atoms with Crippen molar-refractivity contribution in [2.75, 3.05) is 18.5 Å². The quantitative estimate of drug-likeness (QED) is 0.862. The maximum absolute atomic E-state index is 5.33. The highest BCUT2D eigenvalue weighted by atomic mass is 16.5. The van der Waals surface area contributed by atoms with Crippen molar-refractivity contribution >= 4 is 5.69 Å². The van der Waals surface area contributed by atoms with Crippen molar-refractivity contribution in [1.82, 2.24) is 4.98 Å². The number of anilines is 1.